The zero-order chi connectivity index (χ0) is 11.3. The Balaban J connectivity index is 2.33. The summed E-state index contributed by atoms with van der Waals surface area (Å²) in [6.07, 6.45) is 1.27. The number of nitrogens with one attached hydrogen (secondary N) is 1. The van der Waals surface area contributed by atoms with Gasteiger partial charge in [-0.05, 0) is 0 Å². The Kier molecular flexibility index (Phi) is 4.98. The van der Waals surface area contributed by atoms with E-state index < -0.39 is 10.0 Å². The van der Waals surface area contributed by atoms with Crippen molar-refractivity contribution in [2.45, 2.75) is 6.92 Å². The zero-order valence-corrected chi connectivity index (χ0v) is 10.4. The van der Waals surface area contributed by atoms with Crippen LogP contribution in [-0.4, -0.2) is 69.7 Å². The molecule has 1 N–H and O–H groups in total. The van der Waals surface area contributed by atoms with Crippen LogP contribution in [0.25, 0.3) is 0 Å². The number of piperazine rings is 1. The van der Waals surface area contributed by atoms with Crippen molar-refractivity contribution in [2.75, 3.05) is 52.1 Å². The Morgan fingerprint density at radius 3 is 2.40 bits per heavy atom. The molecule has 90 valence electrons. The molecular formula is C9H21N3O2S. The minimum Gasteiger partial charge on any atom is -0.314 e. The summed E-state index contributed by atoms with van der Waals surface area (Å²) in [7, 11) is -3.02. The summed E-state index contributed by atoms with van der Waals surface area (Å²) in [6, 6.07) is 0. The second-order valence-electron chi connectivity index (χ2n) is 3.85. The first-order valence-electron chi connectivity index (χ1n) is 5.42. The Labute approximate surface area is 92.5 Å². The van der Waals surface area contributed by atoms with E-state index in [0.717, 1.165) is 32.7 Å². The first kappa shape index (κ1) is 12.9. The van der Waals surface area contributed by atoms with Crippen LogP contribution in [0.2, 0.25) is 0 Å². The number of hydrogen-bond donors (Lipinski definition) is 1. The summed E-state index contributed by atoms with van der Waals surface area (Å²) in [5.41, 5.74) is 0. The monoisotopic (exact) mass is 235 g/mol. The van der Waals surface area contributed by atoms with Crippen LogP contribution in [0.4, 0.5) is 0 Å². The Hall–Kier alpha value is -0.170. The zero-order valence-electron chi connectivity index (χ0n) is 9.57. The lowest BCUT2D eigenvalue weighted by molar-refractivity contribution is 0.225. The molecule has 1 aliphatic rings. The molecule has 0 unspecified atom stereocenters. The first-order chi connectivity index (χ1) is 7.04. The molecule has 0 aromatic carbocycles. The van der Waals surface area contributed by atoms with Crippen molar-refractivity contribution in [3.05, 3.63) is 0 Å². The summed E-state index contributed by atoms with van der Waals surface area (Å²) in [4.78, 5) is 2.30. The second kappa shape index (κ2) is 5.79. The van der Waals surface area contributed by atoms with Crippen molar-refractivity contribution < 1.29 is 8.42 Å². The maximum Gasteiger partial charge on any atom is 0.211 e. The lowest BCUT2D eigenvalue weighted by Crippen LogP contribution is -2.46. The quantitative estimate of drug-likeness (QED) is 0.676. The molecule has 0 radical (unpaired) electrons. The molecule has 0 aromatic heterocycles. The molecule has 0 amide bonds. The molecule has 5 nitrogen and oxygen atoms in total. The van der Waals surface area contributed by atoms with Crippen molar-refractivity contribution >= 4 is 10.0 Å². The van der Waals surface area contributed by atoms with E-state index in [2.05, 4.69) is 10.2 Å². The van der Waals surface area contributed by atoms with Gasteiger partial charge < -0.3 is 5.32 Å². The van der Waals surface area contributed by atoms with Crippen LogP contribution >= 0.6 is 0 Å². The lowest BCUT2D eigenvalue weighted by Gasteiger charge is -2.29. The highest BCUT2D eigenvalue weighted by Crippen LogP contribution is 1.99. The third kappa shape index (κ3) is 4.46. The van der Waals surface area contributed by atoms with E-state index in [1.165, 1.54) is 10.6 Å². The highest BCUT2D eigenvalue weighted by Gasteiger charge is 2.16. The number of hydrogen-bond acceptors (Lipinski definition) is 4. The number of likely N-dealkylation sites (N-methyl/N-ethyl adjacent to an activating group) is 1. The van der Waals surface area contributed by atoms with Crippen LogP contribution in [-0.2, 0) is 10.0 Å². The van der Waals surface area contributed by atoms with Crippen LogP contribution < -0.4 is 5.32 Å². The van der Waals surface area contributed by atoms with Crippen LogP contribution in [0.1, 0.15) is 6.92 Å². The summed E-state index contributed by atoms with van der Waals surface area (Å²) >= 11 is 0. The Morgan fingerprint density at radius 2 is 1.93 bits per heavy atom. The molecule has 15 heavy (non-hydrogen) atoms. The first-order valence-corrected chi connectivity index (χ1v) is 7.27. The lowest BCUT2D eigenvalue weighted by atomic mass is 10.3. The average Bonchev–Trinajstić information content (AvgIpc) is 2.18. The summed E-state index contributed by atoms with van der Waals surface area (Å²) in [5, 5.41) is 3.27. The highest BCUT2D eigenvalue weighted by molar-refractivity contribution is 7.88. The van der Waals surface area contributed by atoms with Gasteiger partial charge in [0, 0.05) is 45.8 Å². The van der Waals surface area contributed by atoms with Gasteiger partial charge in [-0.15, -0.1) is 0 Å². The van der Waals surface area contributed by atoms with Crippen molar-refractivity contribution in [3.63, 3.8) is 0 Å². The predicted octanol–water partition coefficient (Wildman–Crippen LogP) is -0.827. The third-order valence-electron chi connectivity index (χ3n) is 2.70. The van der Waals surface area contributed by atoms with Crippen LogP contribution in [0.5, 0.6) is 0 Å². The van der Waals surface area contributed by atoms with Gasteiger partial charge >= 0.3 is 0 Å². The Bertz CT molecular complexity index is 273. The SMILES string of the molecule is CCN(CCN1CCNCC1)S(C)(=O)=O. The molecule has 0 aliphatic carbocycles. The maximum absolute atomic E-state index is 11.3. The van der Waals surface area contributed by atoms with Crippen molar-refractivity contribution in [3.8, 4) is 0 Å². The van der Waals surface area contributed by atoms with Crippen molar-refractivity contribution in [1.29, 1.82) is 0 Å². The van der Waals surface area contributed by atoms with E-state index in [1.807, 2.05) is 6.92 Å². The maximum atomic E-state index is 11.3. The summed E-state index contributed by atoms with van der Waals surface area (Å²) in [5.74, 6) is 0. The summed E-state index contributed by atoms with van der Waals surface area (Å²) < 4.78 is 24.2. The van der Waals surface area contributed by atoms with E-state index >= 15 is 0 Å². The minimum atomic E-state index is -3.02. The van der Waals surface area contributed by atoms with Gasteiger partial charge in [0.1, 0.15) is 0 Å². The average molecular weight is 235 g/mol. The molecule has 1 rings (SSSR count). The van der Waals surface area contributed by atoms with Gasteiger partial charge in [-0.3, -0.25) is 4.90 Å². The normalized spacial score (nSPS) is 19.7. The largest absolute Gasteiger partial charge is 0.314 e. The fourth-order valence-corrected chi connectivity index (χ4v) is 2.63. The molecule has 1 aliphatic heterocycles. The minimum absolute atomic E-state index is 0.560. The molecule has 0 aromatic rings. The van der Waals surface area contributed by atoms with Gasteiger partial charge in [-0.1, -0.05) is 6.92 Å². The van der Waals surface area contributed by atoms with E-state index in [0.29, 0.717) is 13.1 Å². The molecule has 0 atom stereocenters. The number of sulfonamides is 1. The van der Waals surface area contributed by atoms with Crippen molar-refractivity contribution in [2.24, 2.45) is 0 Å². The van der Waals surface area contributed by atoms with Gasteiger partial charge in [-0.2, -0.15) is 0 Å². The standard InChI is InChI=1S/C9H21N3O2S/c1-3-12(15(2,13)14)9-8-11-6-4-10-5-7-11/h10H,3-9H2,1-2H3. The molecule has 0 saturated carbocycles. The van der Waals surface area contributed by atoms with E-state index in [9.17, 15) is 8.42 Å². The predicted molar refractivity (Wildman–Crippen MR) is 61.4 cm³/mol. The van der Waals surface area contributed by atoms with E-state index in [1.54, 1.807) is 0 Å². The topological polar surface area (TPSA) is 52.6 Å². The van der Waals surface area contributed by atoms with Crippen LogP contribution in [0.15, 0.2) is 0 Å². The molecule has 1 fully saturated rings. The van der Waals surface area contributed by atoms with Gasteiger partial charge in [0.2, 0.25) is 10.0 Å². The Morgan fingerprint density at radius 1 is 1.33 bits per heavy atom. The van der Waals surface area contributed by atoms with Gasteiger partial charge in [0.25, 0.3) is 0 Å². The second-order valence-corrected chi connectivity index (χ2v) is 5.83. The fourth-order valence-electron chi connectivity index (χ4n) is 1.75. The van der Waals surface area contributed by atoms with Gasteiger partial charge in [0.05, 0.1) is 6.26 Å². The van der Waals surface area contributed by atoms with Gasteiger partial charge in [0.15, 0.2) is 0 Å². The molecular weight excluding hydrogens is 214 g/mol. The van der Waals surface area contributed by atoms with Crippen LogP contribution in [0, 0.1) is 0 Å². The fraction of sp³-hybridized carbons (Fsp3) is 1.00. The molecule has 1 saturated heterocycles. The number of nitrogens with zero attached hydrogens (tertiary/aromatic N) is 2. The molecule has 6 heteroatoms. The molecule has 0 bridgehead atoms. The van der Waals surface area contributed by atoms with E-state index in [4.69, 9.17) is 0 Å². The molecule has 0 spiro atoms. The van der Waals surface area contributed by atoms with Gasteiger partial charge in [-0.25, -0.2) is 12.7 Å². The summed E-state index contributed by atoms with van der Waals surface area (Å²) in [6.45, 7) is 7.92. The highest BCUT2D eigenvalue weighted by atomic mass is 32.2. The van der Waals surface area contributed by atoms with E-state index in [-0.39, 0.29) is 0 Å². The molecule has 1 heterocycles. The van der Waals surface area contributed by atoms with Crippen molar-refractivity contribution in [1.82, 2.24) is 14.5 Å². The number of rotatable bonds is 5. The smallest absolute Gasteiger partial charge is 0.211 e. The third-order valence-corrected chi connectivity index (χ3v) is 4.08. The van der Waals surface area contributed by atoms with Crippen LogP contribution in [0.3, 0.4) is 0 Å².